The highest BCUT2D eigenvalue weighted by Gasteiger charge is 2.08. The molecule has 0 aliphatic heterocycles. The molecule has 0 aliphatic rings. The molecule has 0 saturated carbocycles. The van der Waals surface area contributed by atoms with E-state index in [2.05, 4.69) is 4.98 Å². The number of esters is 1. The lowest BCUT2D eigenvalue weighted by Crippen LogP contribution is -2.17. The van der Waals surface area contributed by atoms with Gasteiger partial charge in [-0.25, -0.2) is 4.98 Å². The molecule has 3 rings (SSSR count). The SMILES string of the molecule is COc1cccc(CC(=O)OCc2cc(=O)n3cc(C)ccc3n2)c1. The molecule has 6 heteroatoms. The number of aryl methyl sites for hydroxylation is 1. The lowest BCUT2D eigenvalue weighted by Gasteiger charge is -2.07. The van der Waals surface area contributed by atoms with Gasteiger partial charge in [0.05, 0.1) is 19.2 Å². The summed E-state index contributed by atoms with van der Waals surface area (Å²) in [5.74, 6) is 0.295. The van der Waals surface area contributed by atoms with Crippen molar-refractivity contribution < 1.29 is 14.3 Å². The van der Waals surface area contributed by atoms with Crippen molar-refractivity contribution in [3.05, 3.63) is 75.8 Å². The minimum absolute atomic E-state index is 0.0393. The Morgan fingerprint density at radius 2 is 2.04 bits per heavy atom. The Bertz CT molecular complexity index is 979. The van der Waals surface area contributed by atoms with Gasteiger partial charge in [-0.3, -0.25) is 14.0 Å². The summed E-state index contributed by atoms with van der Waals surface area (Å²) >= 11 is 0. The fraction of sp³-hybridized carbons (Fsp3) is 0.211. The molecule has 6 nitrogen and oxygen atoms in total. The number of nitrogens with zero attached hydrogens (tertiary/aromatic N) is 2. The van der Waals surface area contributed by atoms with Crippen molar-refractivity contribution in [2.24, 2.45) is 0 Å². The summed E-state index contributed by atoms with van der Waals surface area (Å²) in [7, 11) is 1.57. The minimum atomic E-state index is -0.390. The van der Waals surface area contributed by atoms with Crippen molar-refractivity contribution in [2.45, 2.75) is 20.0 Å². The van der Waals surface area contributed by atoms with Gasteiger partial charge in [0, 0.05) is 12.3 Å². The van der Waals surface area contributed by atoms with E-state index in [-0.39, 0.29) is 24.6 Å². The number of ether oxygens (including phenoxy) is 2. The van der Waals surface area contributed by atoms with Crippen LogP contribution in [0.5, 0.6) is 5.75 Å². The lowest BCUT2D eigenvalue weighted by atomic mass is 10.1. The van der Waals surface area contributed by atoms with Gasteiger partial charge in [0.2, 0.25) is 0 Å². The average Bonchev–Trinajstić information content (AvgIpc) is 2.61. The molecule has 0 atom stereocenters. The number of pyridine rings is 1. The summed E-state index contributed by atoms with van der Waals surface area (Å²) in [6, 6.07) is 12.2. The molecule has 0 spiro atoms. The van der Waals surface area contributed by atoms with Gasteiger partial charge in [-0.05, 0) is 36.2 Å². The van der Waals surface area contributed by atoms with E-state index in [1.165, 1.54) is 10.5 Å². The maximum atomic E-state index is 12.1. The number of aromatic nitrogens is 2. The number of carbonyl (C=O) groups excluding carboxylic acids is 1. The molecule has 3 aromatic rings. The van der Waals surface area contributed by atoms with Crippen molar-refractivity contribution in [2.75, 3.05) is 7.11 Å². The van der Waals surface area contributed by atoms with Crippen LogP contribution in [-0.2, 0) is 22.6 Å². The minimum Gasteiger partial charge on any atom is -0.497 e. The van der Waals surface area contributed by atoms with Crippen LogP contribution < -0.4 is 10.3 Å². The summed E-state index contributed by atoms with van der Waals surface area (Å²) < 4.78 is 11.8. The van der Waals surface area contributed by atoms with Crippen LogP contribution in [0.2, 0.25) is 0 Å². The van der Waals surface area contributed by atoms with Crippen LogP contribution in [0.25, 0.3) is 5.65 Å². The second kappa shape index (κ2) is 7.17. The van der Waals surface area contributed by atoms with Gasteiger partial charge >= 0.3 is 5.97 Å². The highest BCUT2D eigenvalue weighted by atomic mass is 16.5. The van der Waals surface area contributed by atoms with Crippen molar-refractivity contribution in [1.29, 1.82) is 0 Å². The third-order valence-corrected chi connectivity index (χ3v) is 3.72. The molecular formula is C19H18N2O4. The number of benzene rings is 1. The summed E-state index contributed by atoms with van der Waals surface area (Å²) in [6.45, 7) is 1.86. The highest BCUT2D eigenvalue weighted by molar-refractivity contribution is 5.72. The highest BCUT2D eigenvalue weighted by Crippen LogP contribution is 2.13. The molecule has 0 aliphatic carbocycles. The van der Waals surface area contributed by atoms with E-state index in [0.717, 1.165) is 11.1 Å². The Morgan fingerprint density at radius 1 is 1.20 bits per heavy atom. The molecule has 0 bridgehead atoms. The molecule has 1 aromatic carbocycles. The number of fused-ring (bicyclic) bond motifs is 1. The van der Waals surface area contributed by atoms with Crippen LogP contribution in [0.1, 0.15) is 16.8 Å². The monoisotopic (exact) mass is 338 g/mol. The van der Waals surface area contributed by atoms with E-state index in [0.29, 0.717) is 17.1 Å². The van der Waals surface area contributed by atoms with Crippen molar-refractivity contribution in [1.82, 2.24) is 9.38 Å². The molecule has 0 saturated heterocycles. The van der Waals surface area contributed by atoms with E-state index in [9.17, 15) is 9.59 Å². The van der Waals surface area contributed by atoms with Gasteiger partial charge in [-0.15, -0.1) is 0 Å². The van der Waals surface area contributed by atoms with Crippen LogP contribution in [0.3, 0.4) is 0 Å². The van der Waals surface area contributed by atoms with E-state index < -0.39 is 0 Å². The molecule has 25 heavy (non-hydrogen) atoms. The van der Waals surface area contributed by atoms with Crippen LogP contribution in [0.4, 0.5) is 0 Å². The fourth-order valence-corrected chi connectivity index (χ4v) is 2.49. The quantitative estimate of drug-likeness (QED) is 0.668. The van der Waals surface area contributed by atoms with Crippen LogP contribution >= 0.6 is 0 Å². The first-order valence-corrected chi connectivity index (χ1v) is 7.82. The molecule has 0 N–H and O–H groups in total. The maximum absolute atomic E-state index is 12.1. The molecule has 0 radical (unpaired) electrons. The smallest absolute Gasteiger partial charge is 0.310 e. The number of hydrogen-bond acceptors (Lipinski definition) is 5. The van der Waals surface area contributed by atoms with Crippen molar-refractivity contribution in [3.63, 3.8) is 0 Å². The average molecular weight is 338 g/mol. The Hall–Kier alpha value is -3.15. The first-order chi connectivity index (χ1) is 12.0. The van der Waals surface area contributed by atoms with E-state index in [1.54, 1.807) is 25.4 Å². The molecular weight excluding hydrogens is 320 g/mol. The van der Waals surface area contributed by atoms with Gasteiger partial charge in [-0.2, -0.15) is 0 Å². The van der Waals surface area contributed by atoms with Gasteiger partial charge in [0.15, 0.2) is 0 Å². The fourth-order valence-electron chi connectivity index (χ4n) is 2.49. The predicted octanol–water partition coefficient (Wildman–Crippen LogP) is 2.30. The Balaban J connectivity index is 1.68. The second-order valence-electron chi connectivity index (χ2n) is 5.71. The zero-order chi connectivity index (χ0) is 17.8. The van der Waals surface area contributed by atoms with Gasteiger partial charge in [0.25, 0.3) is 5.56 Å². The van der Waals surface area contributed by atoms with E-state index >= 15 is 0 Å². The first-order valence-electron chi connectivity index (χ1n) is 7.82. The van der Waals surface area contributed by atoms with Crippen molar-refractivity contribution in [3.8, 4) is 5.75 Å². The lowest BCUT2D eigenvalue weighted by molar-refractivity contribution is -0.144. The summed E-state index contributed by atoms with van der Waals surface area (Å²) in [4.78, 5) is 28.5. The van der Waals surface area contributed by atoms with Gasteiger partial charge < -0.3 is 9.47 Å². The molecule has 0 amide bonds. The Morgan fingerprint density at radius 3 is 2.84 bits per heavy atom. The van der Waals surface area contributed by atoms with Crippen molar-refractivity contribution >= 4 is 11.6 Å². The van der Waals surface area contributed by atoms with E-state index in [4.69, 9.17) is 9.47 Å². The normalized spacial score (nSPS) is 10.6. The maximum Gasteiger partial charge on any atom is 0.310 e. The zero-order valence-electron chi connectivity index (χ0n) is 14.1. The van der Waals surface area contributed by atoms with Crippen LogP contribution in [0.15, 0.2) is 53.5 Å². The van der Waals surface area contributed by atoms with Gasteiger partial charge in [0.1, 0.15) is 18.0 Å². The molecule has 0 fully saturated rings. The Kier molecular flexibility index (Phi) is 4.79. The molecule has 2 heterocycles. The third-order valence-electron chi connectivity index (χ3n) is 3.72. The van der Waals surface area contributed by atoms with Crippen LogP contribution in [0, 0.1) is 6.92 Å². The molecule has 0 unspecified atom stereocenters. The largest absolute Gasteiger partial charge is 0.497 e. The zero-order valence-corrected chi connectivity index (χ0v) is 14.1. The number of rotatable bonds is 5. The van der Waals surface area contributed by atoms with Gasteiger partial charge in [-0.1, -0.05) is 18.2 Å². The van der Waals surface area contributed by atoms with E-state index in [1.807, 2.05) is 31.2 Å². The summed E-state index contributed by atoms with van der Waals surface area (Å²) in [6.07, 6.45) is 1.85. The summed E-state index contributed by atoms with van der Waals surface area (Å²) in [5, 5.41) is 0. The number of methoxy groups -OCH3 is 1. The summed E-state index contributed by atoms with van der Waals surface area (Å²) in [5.41, 5.74) is 2.51. The standard InChI is InChI=1S/C19H18N2O4/c1-13-6-7-17-20-15(10-18(22)21(17)11-13)12-25-19(23)9-14-4-3-5-16(8-14)24-2/h3-8,10-11H,9,12H2,1-2H3. The predicted molar refractivity (Wildman–Crippen MR) is 92.7 cm³/mol. The topological polar surface area (TPSA) is 69.9 Å². The number of carbonyl (C=O) groups is 1. The first kappa shape index (κ1) is 16.7. The second-order valence-corrected chi connectivity index (χ2v) is 5.71. The molecule has 2 aromatic heterocycles. The molecule has 128 valence electrons. The third kappa shape index (κ3) is 4.03. The Labute approximate surface area is 144 Å². The van der Waals surface area contributed by atoms with Crippen LogP contribution in [-0.4, -0.2) is 22.5 Å². The number of hydrogen-bond donors (Lipinski definition) is 0.